The average Bonchev–Trinajstić information content (AvgIpc) is 2.40. The summed E-state index contributed by atoms with van der Waals surface area (Å²) in [7, 11) is -2.02. The first-order valence-electron chi connectivity index (χ1n) is 5.79. The topological polar surface area (TPSA) is 68.2 Å². The third-order valence-electron chi connectivity index (χ3n) is 2.72. The highest BCUT2D eigenvalue weighted by Gasteiger charge is 2.13. The number of benzene rings is 1. The number of hydrogen-bond donors (Lipinski definition) is 1. The second-order valence-corrected chi connectivity index (χ2v) is 6.47. The Morgan fingerprint density at radius 1 is 1.25 bits per heavy atom. The molecule has 0 aliphatic rings. The van der Waals surface area contributed by atoms with E-state index in [0.29, 0.717) is 10.6 Å². The maximum atomic E-state index is 12.1. The Labute approximate surface area is 121 Å². The molecule has 2 aromatic rings. The first kappa shape index (κ1) is 14.8. The van der Waals surface area contributed by atoms with Gasteiger partial charge in [-0.1, -0.05) is 23.7 Å². The Morgan fingerprint density at radius 3 is 2.65 bits per heavy atom. The van der Waals surface area contributed by atoms with Crippen LogP contribution in [0.2, 0.25) is 5.02 Å². The molecule has 0 fully saturated rings. The van der Waals surface area contributed by atoms with Gasteiger partial charge in [-0.05, 0) is 23.8 Å². The summed E-state index contributed by atoms with van der Waals surface area (Å²) in [5.41, 5.74) is 0.546. The van der Waals surface area contributed by atoms with Gasteiger partial charge < -0.3 is 4.57 Å². The van der Waals surface area contributed by atoms with Crippen molar-refractivity contribution < 1.29 is 8.42 Å². The molecule has 0 amide bonds. The van der Waals surface area contributed by atoms with E-state index in [0.717, 1.165) is 0 Å². The number of aromatic nitrogens is 1. The summed E-state index contributed by atoms with van der Waals surface area (Å²) in [5.74, 6) is 0. The molecule has 106 valence electrons. The number of hydrogen-bond acceptors (Lipinski definition) is 3. The van der Waals surface area contributed by atoms with Crippen LogP contribution < -0.4 is 10.3 Å². The number of nitrogens with zero attached hydrogens (tertiary/aromatic N) is 1. The molecule has 0 unspecified atom stereocenters. The van der Waals surface area contributed by atoms with Crippen LogP contribution in [0.4, 0.5) is 0 Å². The molecule has 0 radical (unpaired) electrons. The van der Waals surface area contributed by atoms with Crippen molar-refractivity contribution in [1.82, 2.24) is 9.29 Å². The fourth-order valence-corrected chi connectivity index (χ4v) is 2.97. The minimum atomic E-state index is -3.63. The van der Waals surface area contributed by atoms with E-state index < -0.39 is 10.0 Å². The second-order valence-electron chi connectivity index (χ2n) is 4.27. The van der Waals surface area contributed by atoms with Crippen LogP contribution in [0.25, 0.3) is 0 Å². The molecule has 0 spiro atoms. The van der Waals surface area contributed by atoms with Crippen LogP contribution in [-0.2, 0) is 23.6 Å². The minimum Gasteiger partial charge on any atom is -0.318 e. The van der Waals surface area contributed by atoms with Crippen LogP contribution in [0.15, 0.2) is 52.3 Å². The summed E-state index contributed by atoms with van der Waals surface area (Å²) in [6.07, 6.45) is 1.59. The van der Waals surface area contributed by atoms with E-state index in [2.05, 4.69) is 4.72 Å². The lowest BCUT2D eigenvalue weighted by Crippen LogP contribution is -2.24. The molecule has 20 heavy (non-hydrogen) atoms. The van der Waals surface area contributed by atoms with Crippen molar-refractivity contribution in [2.75, 3.05) is 0 Å². The van der Waals surface area contributed by atoms with Crippen molar-refractivity contribution >= 4 is 21.6 Å². The highest BCUT2D eigenvalue weighted by atomic mass is 35.5. The summed E-state index contributed by atoms with van der Waals surface area (Å²) in [6, 6.07) is 9.00. The quantitative estimate of drug-likeness (QED) is 0.930. The van der Waals surface area contributed by atoms with Gasteiger partial charge in [-0.3, -0.25) is 4.79 Å². The minimum absolute atomic E-state index is 0.100. The molecule has 7 heteroatoms. The largest absolute Gasteiger partial charge is 0.318 e. The van der Waals surface area contributed by atoms with E-state index in [-0.39, 0.29) is 17.0 Å². The van der Waals surface area contributed by atoms with E-state index >= 15 is 0 Å². The highest BCUT2D eigenvalue weighted by molar-refractivity contribution is 7.89. The van der Waals surface area contributed by atoms with Gasteiger partial charge in [0.05, 0.1) is 4.90 Å². The molecule has 5 nitrogen and oxygen atoms in total. The van der Waals surface area contributed by atoms with Gasteiger partial charge in [0.15, 0.2) is 0 Å². The van der Waals surface area contributed by atoms with Gasteiger partial charge >= 0.3 is 0 Å². The molecule has 0 atom stereocenters. The number of halogens is 1. The highest BCUT2D eigenvalue weighted by Crippen LogP contribution is 2.15. The van der Waals surface area contributed by atoms with Gasteiger partial charge in [-0.2, -0.15) is 0 Å². The molecule has 0 aliphatic heterocycles. The summed E-state index contributed by atoms with van der Waals surface area (Å²) in [5, 5.41) is 0.356. The summed E-state index contributed by atoms with van der Waals surface area (Å²) in [4.78, 5) is 11.3. The lowest BCUT2D eigenvalue weighted by molar-refractivity contribution is 0.581. The van der Waals surface area contributed by atoms with E-state index in [1.807, 2.05) is 0 Å². The number of nitrogens with one attached hydrogen (secondary N) is 1. The van der Waals surface area contributed by atoms with Gasteiger partial charge in [0, 0.05) is 30.9 Å². The Balaban J connectivity index is 2.17. The smallest absolute Gasteiger partial charge is 0.250 e. The average molecular weight is 313 g/mol. The monoisotopic (exact) mass is 312 g/mol. The van der Waals surface area contributed by atoms with Crippen molar-refractivity contribution in [3.63, 3.8) is 0 Å². The zero-order chi connectivity index (χ0) is 14.8. The van der Waals surface area contributed by atoms with Crippen LogP contribution >= 0.6 is 11.6 Å². The first-order chi connectivity index (χ1) is 9.38. The van der Waals surface area contributed by atoms with Crippen molar-refractivity contribution in [3.8, 4) is 0 Å². The number of sulfonamides is 1. The van der Waals surface area contributed by atoms with Crippen LogP contribution in [0.3, 0.4) is 0 Å². The Morgan fingerprint density at radius 2 is 2.00 bits per heavy atom. The molecular weight excluding hydrogens is 300 g/mol. The molecule has 0 bridgehead atoms. The zero-order valence-corrected chi connectivity index (χ0v) is 12.3. The fourth-order valence-electron chi connectivity index (χ4n) is 1.65. The maximum Gasteiger partial charge on any atom is 0.250 e. The Kier molecular flexibility index (Phi) is 4.27. The number of pyridine rings is 1. The van der Waals surface area contributed by atoms with Gasteiger partial charge in [0.2, 0.25) is 15.6 Å². The third kappa shape index (κ3) is 3.47. The summed E-state index contributed by atoms with van der Waals surface area (Å²) < 4.78 is 28.0. The summed E-state index contributed by atoms with van der Waals surface area (Å²) in [6.45, 7) is 0.100. The lowest BCUT2D eigenvalue weighted by Gasteiger charge is -2.08. The normalized spacial score (nSPS) is 11.5. The lowest BCUT2D eigenvalue weighted by atomic mass is 10.3. The van der Waals surface area contributed by atoms with E-state index in [9.17, 15) is 13.2 Å². The number of aryl methyl sites for hydroxylation is 1. The Bertz CT molecular complexity index is 784. The molecule has 1 heterocycles. The summed E-state index contributed by atoms with van der Waals surface area (Å²) >= 11 is 5.78. The van der Waals surface area contributed by atoms with Crippen molar-refractivity contribution in [2.24, 2.45) is 7.05 Å². The van der Waals surface area contributed by atoms with E-state index in [1.54, 1.807) is 31.4 Å². The predicted octanol–water partition coefficient (Wildman–Crippen LogP) is 1.52. The molecule has 0 saturated carbocycles. The van der Waals surface area contributed by atoms with Crippen LogP contribution in [0.5, 0.6) is 0 Å². The van der Waals surface area contributed by atoms with Gasteiger partial charge in [0.1, 0.15) is 0 Å². The first-order valence-corrected chi connectivity index (χ1v) is 7.65. The fraction of sp³-hybridized carbons (Fsp3) is 0.154. The second kappa shape index (κ2) is 5.78. The molecule has 0 saturated heterocycles. The standard InChI is InChI=1S/C13H13ClN2O3S/c1-16-9-10(5-6-13(16)17)8-15-20(18,19)12-4-2-3-11(14)7-12/h2-7,9,15H,8H2,1H3. The van der Waals surface area contributed by atoms with Crippen molar-refractivity contribution in [1.29, 1.82) is 0 Å². The predicted molar refractivity (Wildman–Crippen MR) is 77.2 cm³/mol. The van der Waals surface area contributed by atoms with Crippen LogP contribution in [0.1, 0.15) is 5.56 Å². The van der Waals surface area contributed by atoms with Gasteiger partial charge in [-0.25, -0.2) is 13.1 Å². The van der Waals surface area contributed by atoms with Crippen LogP contribution in [-0.4, -0.2) is 13.0 Å². The van der Waals surface area contributed by atoms with Crippen molar-refractivity contribution in [3.05, 3.63) is 63.5 Å². The molecule has 1 N–H and O–H groups in total. The molecule has 2 rings (SSSR count). The third-order valence-corrected chi connectivity index (χ3v) is 4.35. The van der Waals surface area contributed by atoms with Gasteiger partial charge in [-0.15, -0.1) is 0 Å². The van der Waals surface area contributed by atoms with E-state index in [1.165, 1.54) is 22.8 Å². The molecule has 1 aromatic heterocycles. The maximum absolute atomic E-state index is 12.1. The molecule has 0 aliphatic carbocycles. The SMILES string of the molecule is Cn1cc(CNS(=O)(=O)c2cccc(Cl)c2)ccc1=O. The van der Waals surface area contributed by atoms with Crippen molar-refractivity contribution in [2.45, 2.75) is 11.4 Å². The van der Waals surface area contributed by atoms with Crippen LogP contribution in [0, 0.1) is 0 Å². The Hall–Kier alpha value is -1.63. The molecular formula is C13H13ClN2O3S. The number of rotatable bonds is 4. The molecule has 1 aromatic carbocycles. The van der Waals surface area contributed by atoms with E-state index in [4.69, 9.17) is 11.6 Å². The zero-order valence-electron chi connectivity index (χ0n) is 10.7. The van der Waals surface area contributed by atoms with Gasteiger partial charge in [0.25, 0.3) is 0 Å².